The van der Waals surface area contributed by atoms with Gasteiger partial charge in [0, 0.05) is 16.6 Å². The average molecular weight is 404 g/mol. The predicted molar refractivity (Wildman–Crippen MR) is 112 cm³/mol. The third kappa shape index (κ3) is 3.22. The molecule has 152 valence electrons. The molecule has 0 spiro atoms. The lowest BCUT2D eigenvalue weighted by Gasteiger charge is -2.12. The summed E-state index contributed by atoms with van der Waals surface area (Å²) < 4.78 is 6.73. The van der Waals surface area contributed by atoms with Gasteiger partial charge >= 0.3 is 0 Å². The number of aryl methyl sites for hydroxylation is 2. The molecule has 1 aromatic carbocycles. The molecular weight excluding hydrogens is 384 g/mol. The molecule has 0 aliphatic carbocycles. The molecule has 0 aliphatic heterocycles. The van der Waals surface area contributed by atoms with E-state index in [1.54, 1.807) is 32.9 Å². The molecule has 0 fully saturated rings. The molecular formula is C22H20N4O4. The van der Waals surface area contributed by atoms with Crippen LogP contribution in [0, 0.1) is 13.8 Å². The number of carbonyl (C=O) groups is 1. The Morgan fingerprint density at radius 3 is 2.57 bits per heavy atom. The number of hydrogen-bond donors (Lipinski definition) is 2. The second-order valence-corrected chi connectivity index (χ2v) is 6.86. The minimum absolute atomic E-state index is 0.0824. The Hall–Kier alpha value is -3.94. The van der Waals surface area contributed by atoms with Crippen LogP contribution >= 0.6 is 0 Å². The van der Waals surface area contributed by atoms with Crippen molar-refractivity contribution in [2.24, 2.45) is 0 Å². The number of aromatic nitrogens is 4. The summed E-state index contributed by atoms with van der Waals surface area (Å²) in [7, 11) is 0. The van der Waals surface area contributed by atoms with Crippen molar-refractivity contribution in [1.82, 2.24) is 19.7 Å². The van der Waals surface area contributed by atoms with Crippen LogP contribution in [-0.2, 0) is 0 Å². The molecule has 3 heterocycles. The highest BCUT2D eigenvalue weighted by Gasteiger charge is 2.23. The van der Waals surface area contributed by atoms with E-state index in [1.807, 2.05) is 30.3 Å². The fourth-order valence-electron chi connectivity index (χ4n) is 3.39. The Morgan fingerprint density at radius 1 is 1.20 bits per heavy atom. The molecule has 0 saturated heterocycles. The third-order valence-electron chi connectivity index (χ3n) is 4.71. The molecule has 8 heteroatoms. The number of aromatic hydroxyl groups is 1. The number of fused-ring (bicyclic) bond motifs is 1. The van der Waals surface area contributed by atoms with Crippen LogP contribution in [0.15, 0.2) is 47.3 Å². The highest BCUT2D eigenvalue weighted by molar-refractivity contribution is 6.04. The number of benzene rings is 1. The van der Waals surface area contributed by atoms with Gasteiger partial charge in [0.15, 0.2) is 11.4 Å². The molecule has 0 amide bonds. The first-order valence-electron chi connectivity index (χ1n) is 9.47. The monoisotopic (exact) mass is 404 g/mol. The number of carbonyl (C=O) groups excluding carboxylic acids is 1. The topological polar surface area (TPSA) is 110 Å². The lowest BCUT2D eigenvalue weighted by molar-refractivity contribution is 0.0934. The number of hydrogen-bond acceptors (Lipinski definition) is 6. The average Bonchev–Trinajstić information content (AvgIpc) is 3.08. The van der Waals surface area contributed by atoms with Gasteiger partial charge in [-0.15, -0.1) is 0 Å². The zero-order valence-electron chi connectivity index (χ0n) is 16.8. The van der Waals surface area contributed by atoms with E-state index in [0.717, 1.165) is 10.2 Å². The summed E-state index contributed by atoms with van der Waals surface area (Å²) in [6.07, 6.45) is 0. The van der Waals surface area contributed by atoms with Gasteiger partial charge in [-0.1, -0.05) is 30.3 Å². The normalized spacial score (nSPS) is 11.0. The van der Waals surface area contributed by atoms with Crippen LogP contribution in [0.4, 0.5) is 0 Å². The zero-order chi connectivity index (χ0) is 21.4. The number of pyridine rings is 2. The minimum atomic E-state index is -0.631. The SMILES string of the molecule is CCOc1nc(-c2ccccc2)cc2c(O)c(C(=O)n3nc(C)cc3C)[nH]c(=O)c12. The van der Waals surface area contributed by atoms with Crippen LogP contribution in [0.2, 0.25) is 0 Å². The third-order valence-corrected chi connectivity index (χ3v) is 4.71. The predicted octanol–water partition coefficient (Wildman–Crippen LogP) is 3.20. The molecule has 30 heavy (non-hydrogen) atoms. The van der Waals surface area contributed by atoms with Crippen molar-refractivity contribution in [2.75, 3.05) is 6.61 Å². The molecule has 0 bridgehead atoms. The van der Waals surface area contributed by atoms with Crippen LogP contribution < -0.4 is 10.3 Å². The molecule has 0 aliphatic rings. The van der Waals surface area contributed by atoms with Gasteiger partial charge in [-0.3, -0.25) is 9.59 Å². The van der Waals surface area contributed by atoms with Crippen LogP contribution in [0.5, 0.6) is 11.6 Å². The van der Waals surface area contributed by atoms with Gasteiger partial charge in [-0.2, -0.15) is 9.78 Å². The first-order valence-corrected chi connectivity index (χ1v) is 9.47. The highest BCUT2D eigenvalue weighted by Crippen LogP contribution is 2.33. The van der Waals surface area contributed by atoms with Crippen molar-refractivity contribution < 1.29 is 14.6 Å². The first-order chi connectivity index (χ1) is 14.4. The Kier molecular flexibility index (Phi) is 4.83. The minimum Gasteiger partial charge on any atom is -0.505 e. The maximum absolute atomic E-state index is 13.0. The number of ether oxygens (including phenoxy) is 1. The van der Waals surface area contributed by atoms with Gasteiger partial charge in [0.25, 0.3) is 11.5 Å². The molecule has 8 nitrogen and oxygen atoms in total. The number of rotatable bonds is 4. The number of nitrogens with one attached hydrogen (secondary N) is 1. The van der Waals surface area contributed by atoms with E-state index in [2.05, 4.69) is 15.1 Å². The summed E-state index contributed by atoms with van der Waals surface area (Å²) in [6.45, 7) is 5.54. The van der Waals surface area contributed by atoms with Gasteiger partial charge in [0.05, 0.1) is 18.0 Å². The molecule has 0 saturated carbocycles. The first kappa shape index (κ1) is 19.4. The largest absolute Gasteiger partial charge is 0.505 e. The van der Waals surface area contributed by atoms with Gasteiger partial charge in [-0.05, 0) is 32.9 Å². The smallest absolute Gasteiger partial charge is 0.298 e. The molecule has 4 aromatic rings. The molecule has 3 aromatic heterocycles. The number of H-pyrrole nitrogens is 1. The summed E-state index contributed by atoms with van der Waals surface area (Å²) in [4.78, 5) is 32.8. The van der Waals surface area contributed by atoms with Crippen LogP contribution in [0.25, 0.3) is 22.0 Å². The van der Waals surface area contributed by atoms with Gasteiger partial charge in [0.1, 0.15) is 5.39 Å². The van der Waals surface area contributed by atoms with E-state index in [-0.39, 0.29) is 34.7 Å². The quantitative estimate of drug-likeness (QED) is 0.540. The van der Waals surface area contributed by atoms with Crippen LogP contribution in [0.1, 0.15) is 28.8 Å². The van der Waals surface area contributed by atoms with E-state index in [9.17, 15) is 14.7 Å². The number of aromatic amines is 1. The van der Waals surface area contributed by atoms with E-state index in [4.69, 9.17) is 4.74 Å². The van der Waals surface area contributed by atoms with Crippen molar-refractivity contribution in [2.45, 2.75) is 20.8 Å². The second kappa shape index (κ2) is 7.47. The second-order valence-electron chi connectivity index (χ2n) is 6.86. The van der Waals surface area contributed by atoms with Crippen LogP contribution in [0.3, 0.4) is 0 Å². The van der Waals surface area contributed by atoms with E-state index >= 15 is 0 Å². The fourth-order valence-corrected chi connectivity index (χ4v) is 3.39. The molecule has 4 rings (SSSR count). The zero-order valence-corrected chi connectivity index (χ0v) is 16.8. The lowest BCUT2D eigenvalue weighted by atomic mass is 10.1. The summed E-state index contributed by atoms with van der Waals surface area (Å²) in [5.74, 6) is -0.897. The maximum atomic E-state index is 13.0. The van der Waals surface area contributed by atoms with Crippen LogP contribution in [-0.4, -0.2) is 37.4 Å². The Bertz CT molecular complexity index is 1320. The molecule has 2 N–H and O–H groups in total. The van der Waals surface area contributed by atoms with E-state index in [0.29, 0.717) is 17.1 Å². The van der Waals surface area contributed by atoms with Gasteiger partial charge in [0.2, 0.25) is 5.88 Å². The molecule has 0 unspecified atom stereocenters. The van der Waals surface area contributed by atoms with E-state index < -0.39 is 11.5 Å². The Labute approximate surface area is 171 Å². The van der Waals surface area contributed by atoms with Crippen molar-refractivity contribution in [3.05, 3.63) is 69.9 Å². The molecule has 0 radical (unpaired) electrons. The lowest BCUT2D eigenvalue weighted by Crippen LogP contribution is -2.21. The van der Waals surface area contributed by atoms with Crippen molar-refractivity contribution >= 4 is 16.7 Å². The number of nitrogens with zero attached hydrogens (tertiary/aromatic N) is 3. The summed E-state index contributed by atoms with van der Waals surface area (Å²) in [5, 5.41) is 15.4. The maximum Gasteiger partial charge on any atom is 0.298 e. The van der Waals surface area contributed by atoms with Crippen molar-refractivity contribution in [3.63, 3.8) is 0 Å². The van der Waals surface area contributed by atoms with Gasteiger partial charge < -0.3 is 14.8 Å². The van der Waals surface area contributed by atoms with Gasteiger partial charge in [-0.25, -0.2) is 4.98 Å². The highest BCUT2D eigenvalue weighted by atomic mass is 16.5. The Balaban J connectivity index is 1.99. The van der Waals surface area contributed by atoms with Crippen molar-refractivity contribution in [1.29, 1.82) is 0 Å². The summed E-state index contributed by atoms with van der Waals surface area (Å²) >= 11 is 0. The summed E-state index contributed by atoms with van der Waals surface area (Å²) in [6, 6.07) is 12.6. The fraction of sp³-hybridized carbons (Fsp3) is 0.182. The van der Waals surface area contributed by atoms with Crippen molar-refractivity contribution in [3.8, 4) is 22.9 Å². The standard InChI is InChI=1S/C22H20N4O4/c1-4-30-21-17-15(11-16(23-21)14-8-6-5-7-9-14)19(27)18(24-20(17)28)22(29)26-13(3)10-12(2)25-26/h5-11,27H,4H2,1-3H3,(H,24,28). The molecule has 0 atom stereocenters. The van der Waals surface area contributed by atoms with E-state index in [1.165, 1.54) is 0 Å². The summed E-state index contributed by atoms with van der Waals surface area (Å²) in [5.41, 5.74) is 1.71. The Morgan fingerprint density at radius 2 is 1.93 bits per heavy atom.